The molecule has 2 rings (SSSR count). The van der Waals surface area contributed by atoms with E-state index in [9.17, 15) is 18.0 Å². The highest BCUT2D eigenvalue weighted by atomic mass is 32.2. The van der Waals surface area contributed by atoms with Crippen LogP contribution in [-0.4, -0.2) is 19.3 Å². The second-order valence-electron chi connectivity index (χ2n) is 4.39. The van der Waals surface area contributed by atoms with Crippen LogP contribution >= 0.6 is 0 Å². The Morgan fingerprint density at radius 1 is 1.29 bits per heavy atom. The van der Waals surface area contributed by atoms with Crippen molar-refractivity contribution in [1.29, 1.82) is 0 Å². The van der Waals surface area contributed by atoms with E-state index in [1.54, 1.807) is 13.0 Å². The molecule has 0 saturated heterocycles. The number of hydrogen-bond donors (Lipinski definition) is 3. The minimum absolute atomic E-state index is 0.0185. The lowest BCUT2D eigenvalue weighted by molar-refractivity contribution is 0.102. The number of pyridine rings is 1. The molecule has 0 radical (unpaired) electrons. The number of rotatable bonds is 3. The third kappa shape index (κ3) is 3.36. The lowest BCUT2D eigenvalue weighted by Gasteiger charge is -2.09. The first-order valence-electron chi connectivity index (χ1n) is 5.91. The van der Waals surface area contributed by atoms with Crippen LogP contribution in [0, 0.1) is 6.92 Å². The number of nitrogens with two attached hydrogens (primary N) is 1. The molecule has 0 spiro atoms. The molecule has 1 amide bonds. The molecule has 0 atom stereocenters. The molecule has 0 unspecified atom stereocenters. The van der Waals surface area contributed by atoms with Crippen molar-refractivity contribution in [1.82, 2.24) is 4.98 Å². The van der Waals surface area contributed by atoms with Gasteiger partial charge >= 0.3 is 0 Å². The summed E-state index contributed by atoms with van der Waals surface area (Å²) in [5.41, 5.74) is 0.0492. The van der Waals surface area contributed by atoms with Crippen LogP contribution in [0.1, 0.15) is 16.1 Å². The topological polar surface area (TPSA) is 122 Å². The normalized spacial score (nSPS) is 11.1. The number of nitrogens with one attached hydrogen (secondary N) is 2. The summed E-state index contributed by atoms with van der Waals surface area (Å²) in [5, 5.41) is 7.45. The van der Waals surface area contributed by atoms with E-state index in [0.29, 0.717) is 5.69 Å². The van der Waals surface area contributed by atoms with Crippen molar-refractivity contribution in [2.45, 2.75) is 11.8 Å². The van der Waals surface area contributed by atoms with E-state index in [0.717, 1.165) is 0 Å². The Kier molecular flexibility index (Phi) is 3.92. The van der Waals surface area contributed by atoms with Gasteiger partial charge in [0.15, 0.2) is 5.43 Å². The number of anilines is 1. The Morgan fingerprint density at radius 3 is 2.57 bits per heavy atom. The van der Waals surface area contributed by atoms with Crippen molar-refractivity contribution in [3.63, 3.8) is 0 Å². The Labute approximate surface area is 120 Å². The van der Waals surface area contributed by atoms with Crippen molar-refractivity contribution in [3.8, 4) is 0 Å². The van der Waals surface area contributed by atoms with E-state index in [-0.39, 0.29) is 16.1 Å². The summed E-state index contributed by atoms with van der Waals surface area (Å²) < 4.78 is 22.9. The standard InChI is InChI=1S/C13H13N3O4S/c1-8-6-11(17)9(7-15-8)13(18)16-10-4-2-3-5-12(10)21(14,19)20/h2-7H,1H3,(H,15,17)(H,16,18)(H2,14,19,20). The molecule has 2 aromatic rings. The van der Waals surface area contributed by atoms with Crippen LogP contribution in [0.25, 0.3) is 0 Å². The third-order valence-corrected chi connectivity index (χ3v) is 3.71. The van der Waals surface area contributed by atoms with Crippen LogP contribution in [0.2, 0.25) is 0 Å². The number of para-hydroxylation sites is 1. The van der Waals surface area contributed by atoms with Gasteiger partial charge in [-0.3, -0.25) is 9.59 Å². The molecule has 1 aromatic carbocycles. The molecule has 0 aliphatic heterocycles. The maximum Gasteiger partial charge on any atom is 0.261 e. The summed E-state index contributed by atoms with van der Waals surface area (Å²) in [7, 11) is -3.98. The Hall–Kier alpha value is -2.45. The highest BCUT2D eigenvalue weighted by Crippen LogP contribution is 2.19. The highest BCUT2D eigenvalue weighted by molar-refractivity contribution is 7.89. The average Bonchev–Trinajstić information content (AvgIpc) is 2.37. The van der Waals surface area contributed by atoms with E-state index < -0.39 is 21.4 Å². The second kappa shape index (κ2) is 5.51. The van der Waals surface area contributed by atoms with Crippen molar-refractivity contribution < 1.29 is 13.2 Å². The van der Waals surface area contributed by atoms with Crippen LogP contribution in [0.4, 0.5) is 5.69 Å². The zero-order chi connectivity index (χ0) is 15.6. The second-order valence-corrected chi connectivity index (χ2v) is 5.92. The number of aromatic nitrogens is 1. The predicted octanol–water partition coefficient (Wildman–Crippen LogP) is 0.583. The highest BCUT2D eigenvalue weighted by Gasteiger charge is 2.17. The number of benzene rings is 1. The first kappa shape index (κ1) is 14.9. The molecule has 21 heavy (non-hydrogen) atoms. The number of primary sulfonamides is 1. The van der Waals surface area contributed by atoms with Gasteiger partial charge in [0, 0.05) is 18.0 Å². The van der Waals surface area contributed by atoms with Gasteiger partial charge in [0.25, 0.3) is 5.91 Å². The molecule has 1 heterocycles. The van der Waals surface area contributed by atoms with E-state index in [2.05, 4.69) is 10.3 Å². The van der Waals surface area contributed by atoms with Gasteiger partial charge < -0.3 is 10.3 Å². The van der Waals surface area contributed by atoms with Crippen molar-refractivity contribution in [2.24, 2.45) is 5.14 Å². The molecule has 0 saturated carbocycles. The van der Waals surface area contributed by atoms with E-state index in [1.807, 2.05) is 0 Å². The van der Waals surface area contributed by atoms with Crippen LogP contribution in [0.3, 0.4) is 0 Å². The smallest absolute Gasteiger partial charge is 0.261 e. The van der Waals surface area contributed by atoms with Crippen LogP contribution in [-0.2, 0) is 10.0 Å². The van der Waals surface area contributed by atoms with Crippen LogP contribution in [0.5, 0.6) is 0 Å². The van der Waals surface area contributed by atoms with Gasteiger partial charge in [-0.1, -0.05) is 12.1 Å². The quantitative estimate of drug-likeness (QED) is 0.767. The van der Waals surface area contributed by atoms with Gasteiger partial charge in [-0.05, 0) is 19.1 Å². The molecule has 7 nitrogen and oxygen atoms in total. The number of aromatic amines is 1. The summed E-state index contributed by atoms with van der Waals surface area (Å²) in [6.45, 7) is 1.68. The third-order valence-electron chi connectivity index (χ3n) is 2.74. The van der Waals surface area contributed by atoms with E-state index in [1.165, 1.54) is 30.5 Å². The van der Waals surface area contributed by atoms with Gasteiger partial charge in [0.05, 0.1) is 5.69 Å². The Bertz CT molecular complexity index is 856. The summed E-state index contributed by atoms with van der Waals surface area (Å²) >= 11 is 0. The van der Waals surface area contributed by atoms with Crippen molar-refractivity contribution >= 4 is 21.6 Å². The fourth-order valence-electron chi connectivity index (χ4n) is 1.76. The first-order valence-corrected chi connectivity index (χ1v) is 7.46. The van der Waals surface area contributed by atoms with Gasteiger partial charge in [-0.25, -0.2) is 13.6 Å². The van der Waals surface area contributed by atoms with Gasteiger partial charge in [-0.2, -0.15) is 0 Å². The van der Waals surface area contributed by atoms with Gasteiger partial charge in [0.2, 0.25) is 10.0 Å². The fourth-order valence-corrected chi connectivity index (χ4v) is 2.45. The lowest BCUT2D eigenvalue weighted by atomic mass is 10.2. The summed E-state index contributed by atoms with van der Waals surface area (Å²) in [6, 6.07) is 6.96. The maximum absolute atomic E-state index is 12.1. The number of sulfonamides is 1. The zero-order valence-electron chi connectivity index (χ0n) is 11.1. The maximum atomic E-state index is 12.1. The largest absolute Gasteiger partial charge is 0.364 e. The number of aryl methyl sites for hydroxylation is 1. The molecule has 0 aliphatic rings. The average molecular weight is 307 g/mol. The Balaban J connectivity index is 2.39. The zero-order valence-corrected chi connectivity index (χ0v) is 11.9. The number of carbonyl (C=O) groups is 1. The number of amides is 1. The molecular weight excluding hydrogens is 294 g/mol. The van der Waals surface area contributed by atoms with Gasteiger partial charge in [-0.15, -0.1) is 0 Å². The molecule has 0 fully saturated rings. The minimum atomic E-state index is -3.98. The summed E-state index contributed by atoms with van der Waals surface area (Å²) in [4.78, 5) is 26.3. The molecule has 1 aromatic heterocycles. The molecule has 4 N–H and O–H groups in total. The molecule has 0 bridgehead atoms. The molecule has 110 valence electrons. The number of carbonyl (C=O) groups excluding carboxylic acids is 1. The number of hydrogen-bond acceptors (Lipinski definition) is 4. The van der Waals surface area contributed by atoms with Crippen LogP contribution < -0.4 is 15.9 Å². The monoisotopic (exact) mass is 307 g/mol. The Morgan fingerprint density at radius 2 is 1.95 bits per heavy atom. The van der Waals surface area contributed by atoms with Crippen molar-refractivity contribution in [2.75, 3.05) is 5.32 Å². The molecular formula is C13H13N3O4S. The summed E-state index contributed by atoms with van der Waals surface area (Å²) in [6.07, 6.45) is 1.27. The minimum Gasteiger partial charge on any atom is -0.364 e. The van der Waals surface area contributed by atoms with Crippen molar-refractivity contribution in [3.05, 3.63) is 58.0 Å². The SMILES string of the molecule is Cc1cc(=O)c(C(=O)Nc2ccccc2S(N)(=O)=O)c[nH]1. The molecule has 0 aliphatic carbocycles. The van der Waals surface area contributed by atoms with E-state index in [4.69, 9.17) is 5.14 Å². The van der Waals surface area contributed by atoms with E-state index >= 15 is 0 Å². The fraction of sp³-hybridized carbons (Fsp3) is 0.0769. The number of H-pyrrole nitrogens is 1. The van der Waals surface area contributed by atoms with Crippen LogP contribution in [0.15, 0.2) is 46.2 Å². The summed E-state index contributed by atoms with van der Waals surface area (Å²) in [5.74, 6) is -0.715. The first-order chi connectivity index (χ1) is 9.79. The predicted molar refractivity (Wildman–Crippen MR) is 77.6 cm³/mol. The lowest BCUT2D eigenvalue weighted by Crippen LogP contribution is -2.23. The van der Waals surface area contributed by atoms with Gasteiger partial charge in [0.1, 0.15) is 10.5 Å². The molecule has 8 heteroatoms.